The lowest BCUT2D eigenvalue weighted by Crippen LogP contribution is -2.54. The summed E-state index contributed by atoms with van der Waals surface area (Å²) < 4.78 is 11.6. The maximum atomic E-state index is 6.10. The summed E-state index contributed by atoms with van der Waals surface area (Å²) in [6.45, 7) is 7.18. The van der Waals surface area contributed by atoms with Crippen molar-refractivity contribution in [1.29, 1.82) is 0 Å². The van der Waals surface area contributed by atoms with Crippen LogP contribution in [0.1, 0.15) is 33.6 Å². The zero-order chi connectivity index (χ0) is 13.2. The van der Waals surface area contributed by atoms with Crippen molar-refractivity contribution in [2.24, 2.45) is 5.41 Å². The van der Waals surface area contributed by atoms with Crippen LogP contribution in [0.15, 0.2) is 24.3 Å². The number of alkyl halides is 1. The maximum absolute atomic E-state index is 6.10. The van der Waals surface area contributed by atoms with Crippen molar-refractivity contribution in [3.63, 3.8) is 0 Å². The molecule has 3 unspecified atom stereocenters. The molecule has 1 aromatic rings. The molecular formula is C15H21BrO2. The van der Waals surface area contributed by atoms with Crippen LogP contribution in [0.25, 0.3) is 0 Å². The van der Waals surface area contributed by atoms with E-state index in [9.17, 15) is 0 Å². The van der Waals surface area contributed by atoms with Gasteiger partial charge >= 0.3 is 0 Å². The van der Waals surface area contributed by atoms with E-state index in [1.807, 2.05) is 31.2 Å². The van der Waals surface area contributed by atoms with Gasteiger partial charge in [0.1, 0.15) is 17.6 Å². The van der Waals surface area contributed by atoms with Gasteiger partial charge in [0.2, 0.25) is 0 Å². The van der Waals surface area contributed by atoms with Crippen LogP contribution in [0.4, 0.5) is 0 Å². The van der Waals surface area contributed by atoms with E-state index in [0.717, 1.165) is 24.3 Å². The first kappa shape index (κ1) is 13.7. The second-order valence-corrected chi connectivity index (χ2v) is 6.18. The molecule has 1 aliphatic carbocycles. The second-order valence-electron chi connectivity index (χ2n) is 5.08. The number of rotatable bonds is 5. The fourth-order valence-electron chi connectivity index (χ4n) is 2.37. The van der Waals surface area contributed by atoms with Crippen molar-refractivity contribution < 1.29 is 9.47 Å². The smallest absolute Gasteiger partial charge is 0.123 e. The van der Waals surface area contributed by atoms with E-state index < -0.39 is 0 Å². The Labute approximate surface area is 118 Å². The molecule has 0 spiro atoms. The molecule has 1 aliphatic rings. The Morgan fingerprint density at radius 2 is 2.06 bits per heavy atom. The van der Waals surface area contributed by atoms with Crippen LogP contribution in [0.5, 0.6) is 11.5 Å². The molecule has 0 amide bonds. The lowest BCUT2D eigenvalue weighted by Gasteiger charge is -2.50. The molecule has 1 saturated carbocycles. The van der Waals surface area contributed by atoms with Crippen molar-refractivity contribution >= 4 is 15.9 Å². The Morgan fingerprint density at radius 3 is 2.67 bits per heavy atom. The SMILES string of the molecule is CCOc1cccc(OC2CC(Br)C2(C)CC)c1. The molecule has 2 rings (SSSR count). The Balaban J connectivity index is 2.04. The molecule has 2 nitrogen and oxygen atoms in total. The summed E-state index contributed by atoms with van der Waals surface area (Å²) in [4.78, 5) is 0.565. The van der Waals surface area contributed by atoms with E-state index in [1.54, 1.807) is 0 Å². The normalized spacial score (nSPS) is 30.7. The van der Waals surface area contributed by atoms with Gasteiger partial charge in [-0.05, 0) is 31.9 Å². The van der Waals surface area contributed by atoms with Crippen LogP contribution in [-0.2, 0) is 0 Å². The number of hydrogen-bond acceptors (Lipinski definition) is 2. The monoisotopic (exact) mass is 312 g/mol. The van der Waals surface area contributed by atoms with Crippen LogP contribution in [0.3, 0.4) is 0 Å². The minimum Gasteiger partial charge on any atom is -0.494 e. The van der Waals surface area contributed by atoms with Crippen LogP contribution in [0.2, 0.25) is 0 Å². The van der Waals surface area contributed by atoms with Gasteiger partial charge in [-0.1, -0.05) is 35.8 Å². The summed E-state index contributed by atoms with van der Waals surface area (Å²) in [6.07, 6.45) is 2.49. The summed E-state index contributed by atoms with van der Waals surface area (Å²) >= 11 is 3.73. The topological polar surface area (TPSA) is 18.5 Å². The van der Waals surface area contributed by atoms with Gasteiger partial charge in [-0.15, -0.1) is 0 Å². The molecule has 100 valence electrons. The third-order valence-corrected chi connectivity index (χ3v) is 5.45. The van der Waals surface area contributed by atoms with Gasteiger partial charge in [-0.25, -0.2) is 0 Å². The number of halogens is 1. The minimum atomic E-state index is 0.238. The predicted octanol–water partition coefficient (Wildman–Crippen LogP) is 4.42. The van der Waals surface area contributed by atoms with Gasteiger partial charge in [-0.3, -0.25) is 0 Å². The van der Waals surface area contributed by atoms with Gasteiger partial charge in [-0.2, -0.15) is 0 Å². The molecule has 0 radical (unpaired) electrons. The molecule has 0 saturated heterocycles. The van der Waals surface area contributed by atoms with Gasteiger partial charge < -0.3 is 9.47 Å². The van der Waals surface area contributed by atoms with Crippen LogP contribution in [-0.4, -0.2) is 17.5 Å². The molecule has 0 N–H and O–H groups in total. The highest BCUT2D eigenvalue weighted by Gasteiger charge is 2.50. The number of benzene rings is 1. The van der Waals surface area contributed by atoms with E-state index in [4.69, 9.17) is 9.47 Å². The van der Waals surface area contributed by atoms with E-state index in [2.05, 4.69) is 29.8 Å². The molecule has 0 heterocycles. The van der Waals surface area contributed by atoms with Gasteiger partial charge in [0, 0.05) is 16.3 Å². The highest BCUT2D eigenvalue weighted by atomic mass is 79.9. The molecular weight excluding hydrogens is 292 g/mol. The average Bonchev–Trinajstić information content (AvgIpc) is 2.38. The fraction of sp³-hybridized carbons (Fsp3) is 0.600. The van der Waals surface area contributed by atoms with E-state index >= 15 is 0 Å². The van der Waals surface area contributed by atoms with Crippen molar-refractivity contribution in [3.05, 3.63) is 24.3 Å². The van der Waals surface area contributed by atoms with Gasteiger partial charge in [0.15, 0.2) is 0 Å². The number of ether oxygens (including phenoxy) is 2. The average molecular weight is 313 g/mol. The second kappa shape index (κ2) is 5.52. The molecule has 0 aromatic heterocycles. The molecule has 0 aliphatic heterocycles. The van der Waals surface area contributed by atoms with Gasteiger partial charge in [0.05, 0.1) is 6.61 Å². The molecule has 1 fully saturated rings. The molecule has 0 bridgehead atoms. The Kier molecular flexibility index (Phi) is 4.21. The van der Waals surface area contributed by atoms with E-state index in [1.165, 1.54) is 0 Å². The maximum Gasteiger partial charge on any atom is 0.123 e. The third-order valence-electron chi connectivity index (χ3n) is 4.03. The summed E-state index contributed by atoms with van der Waals surface area (Å²) in [5, 5.41) is 0. The zero-order valence-corrected chi connectivity index (χ0v) is 12.9. The number of hydrogen-bond donors (Lipinski definition) is 0. The first-order chi connectivity index (χ1) is 8.60. The molecule has 1 aromatic carbocycles. The van der Waals surface area contributed by atoms with Crippen molar-refractivity contribution in [1.82, 2.24) is 0 Å². The lowest BCUT2D eigenvalue weighted by molar-refractivity contribution is -0.0244. The van der Waals surface area contributed by atoms with Crippen LogP contribution < -0.4 is 9.47 Å². The van der Waals surface area contributed by atoms with Crippen molar-refractivity contribution in [2.75, 3.05) is 6.61 Å². The highest BCUT2D eigenvalue weighted by molar-refractivity contribution is 9.09. The lowest BCUT2D eigenvalue weighted by atomic mass is 9.65. The largest absolute Gasteiger partial charge is 0.494 e. The summed E-state index contributed by atoms with van der Waals surface area (Å²) in [7, 11) is 0. The van der Waals surface area contributed by atoms with Gasteiger partial charge in [0.25, 0.3) is 0 Å². The predicted molar refractivity (Wildman–Crippen MR) is 77.8 cm³/mol. The van der Waals surface area contributed by atoms with Crippen molar-refractivity contribution in [2.45, 2.75) is 44.5 Å². The minimum absolute atomic E-state index is 0.238. The molecule has 18 heavy (non-hydrogen) atoms. The zero-order valence-electron chi connectivity index (χ0n) is 11.3. The Morgan fingerprint density at radius 1 is 1.33 bits per heavy atom. The first-order valence-electron chi connectivity index (χ1n) is 6.63. The Hall–Kier alpha value is -0.700. The highest BCUT2D eigenvalue weighted by Crippen LogP contribution is 2.50. The molecule has 3 heteroatoms. The van der Waals surface area contributed by atoms with Crippen LogP contribution >= 0.6 is 15.9 Å². The fourth-order valence-corrected chi connectivity index (χ4v) is 3.33. The summed E-state index contributed by atoms with van der Waals surface area (Å²) in [5.74, 6) is 1.79. The van der Waals surface area contributed by atoms with E-state index in [-0.39, 0.29) is 5.41 Å². The quantitative estimate of drug-likeness (QED) is 0.749. The molecule has 3 atom stereocenters. The van der Waals surface area contributed by atoms with Crippen LogP contribution in [0, 0.1) is 5.41 Å². The standard InChI is InChI=1S/C15H21BrO2/c1-4-15(3)13(16)10-14(15)18-12-8-6-7-11(9-12)17-5-2/h6-9,13-14H,4-5,10H2,1-3H3. The van der Waals surface area contributed by atoms with E-state index in [0.29, 0.717) is 17.5 Å². The third kappa shape index (κ3) is 2.51. The summed E-state index contributed by atoms with van der Waals surface area (Å²) in [5.41, 5.74) is 0.238. The summed E-state index contributed by atoms with van der Waals surface area (Å²) in [6, 6.07) is 7.92. The Bertz CT molecular complexity index is 407. The first-order valence-corrected chi connectivity index (χ1v) is 7.55. The van der Waals surface area contributed by atoms with Crippen molar-refractivity contribution in [3.8, 4) is 11.5 Å².